The van der Waals surface area contributed by atoms with E-state index in [-0.39, 0.29) is 0 Å². The first-order valence-electron chi connectivity index (χ1n) is 5.20. The van der Waals surface area contributed by atoms with Crippen LogP contribution in [0.4, 0.5) is 0 Å². The average Bonchev–Trinajstić information content (AvgIpc) is 2.47. The van der Waals surface area contributed by atoms with E-state index in [1.165, 1.54) is 21.5 Å². The summed E-state index contributed by atoms with van der Waals surface area (Å²) in [5, 5.41) is 3.78. The van der Waals surface area contributed by atoms with Crippen molar-refractivity contribution >= 4 is 45.9 Å². The summed E-state index contributed by atoms with van der Waals surface area (Å²) in [5.41, 5.74) is 8.00. The summed E-state index contributed by atoms with van der Waals surface area (Å²) in [6.45, 7) is 0. The lowest BCUT2D eigenvalue weighted by atomic mass is 10.2. The number of rotatable bonds is 0. The van der Waals surface area contributed by atoms with Gasteiger partial charge in [0.2, 0.25) is 0 Å². The van der Waals surface area contributed by atoms with E-state index < -0.39 is 0 Å². The summed E-state index contributed by atoms with van der Waals surface area (Å²) in [7, 11) is 0. The minimum atomic E-state index is 0.843. The third-order valence-electron chi connectivity index (χ3n) is 2.87. The lowest BCUT2D eigenvalue weighted by Crippen LogP contribution is -2.25. The fourth-order valence-electron chi connectivity index (χ4n) is 2.12. The van der Waals surface area contributed by atoms with Crippen molar-refractivity contribution in [1.82, 2.24) is 2.78 Å². The number of hydrogen-bond acceptors (Lipinski definition) is 1. The van der Waals surface area contributed by atoms with Crippen molar-refractivity contribution in [2.75, 3.05) is 0 Å². The zero-order valence-electron chi connectivity index (χ0n) is 8.65. The normalized spacial score (nSPS) is 14.7. The maximum atomic E-state index is 5.91. The van der Waals surface area contributed by atoms with Gasteiger partial charge in [0.15, 0.2) is 0 Å². The number of para-hydroxylation sites is 1. The molecule has 0 aliphatic heterocycles. The van der Waals surface area contributed by atoms with Crippen LogP contribution in [0, 0.1) is 0 Å². The molecule has 2 N–H and O–H groups in total. The van der Waals surface area contributed by atoms with Gasteiger partial charge in [-0.25, -0.2) is 0 Å². The van der Waals surface area contributed by atoms with Crippen LogP contribution < -0.4 is 16.3 Å². The summed E-state index contributed by atoms with van der Waals surface area (Å²) < 4.78 is 2.17. The van der Waals surface area contributed by atoms with Crippen molar-refractivity contribution in [3.63, 3.8) is 0 Å². The van der Waals surface area contributed by atoms with Gasteiger partial charge in [0.25, 0.3) is 0 Å². The fraction of sp³-hybridized carbons (Fsp3) is 0.0769. The smallest absolute Gasteiger partial charge is 0.0646 e. The SMILES string of the molecule is NC1=CCC=c2c(n(I)c3ccccc23)=C1. The topological polar surface area (TPSA) is 30.9 Å². The van der Waals surface area contributed by atoms with Gasteiger partial charge in [-0.2, -0.15) is 0 Å². The van der Waals surface area contributed by atoms with Crippen molar-refractivity contribution in [3.05, 3.63) is 46.6 Å². The highest BCUT2D eigenvalue weighted by molar-refractivity contribution is 14.1. The van der Waals surface area contributed by atoms with Crippen molar-refractivity contribution in [1.29, 1.82) is 0 Å². The van der Waals surface area contributed by atoms with Gasteiger partial charge in [-0.1, -0.05) is 30.4 Å². The first-order valence-corrected chi connectivity index (χ1v) is 6.17. The minimum Gasteiger partial charge on any atom is -0.399 e. The van der Waals surface area contributed by atoms with Crippen LogP contribution in [-0.2, 0) is 0 Å². The second-order valence-corrected chi connectivity index (χ2v) is 4.85. The first-order chi connectivity index (χ1) is 7.77. The third-order valence-corrected chi connectivity index (χ3v) is 3.91. The highest BCUT2D eigenvalue weighted by Crippen LogP contribution is 2.11. The Hall–Kier alpha value is -1.23. The molecular weight excluding hydrogens is 311 g/mol. The lowest BCUT2D eigenvalue weighted by molar-refractivity contribution is 1.30. The molecule has 0 atom stereocenters. The van der Waals surface area contributed by atoms with Gasteiger partial charge in [0.05, 0.1) is 33.7 Å². The quantitative estimate of drug-likeness (QED) is 0.735. The molecule has 0 saturated carbocycles. The summed E-state index contributed by atoms with van der Waals surface area (Å²) in [6, 6.07) is 8.44. The molecule has 0 saturated heterocycles. The van der Waals surface area contributed by atoms with E-state index >= 15 is 0 Å². The number of hydrogen-bond donors (Lipinski definition) is 1. The van der Waals surface area contributed by atoms with Crippen LogP contribution in [0.2, 0.25) is 0 Å². The maximum Gasteiger partial charge on any atom is 0.0646 e. The van der Waals surface area contributed by atoms with Crippen LogP contribution >= 0.6 is 22.9 Å². The molecule has 0 fully saturated rings. The van der Waals surface area contributed by atoms with Gasteiger partial charge in [0.1, 0.15) is 0 Å². The Morgan fingerprint density at radius 1 is 1.19 bits per heavy atom. The van der Waals surface area contributed by atoms with Crippen LogP contribution in [0.25, 0.3) is 23.1 Å². The maximum absolute atomic E-state index is 5.91. The van der Waals surface area contributed by atoms with Crippen LogP contribution in [0.5, 0.6) is 0 Å². The van der Waals surface area contributed by atoms with Crippen molar-refractivity contribution in [2.45, 2.75) is 6.42 Å². The van der Waals surface area contributed by atoms with E-state index in [9.17, 15) is 0 Å². The lowest BCUT2D eigenvalue weighted by Gasteiger charge is -1.93. The fourth-order valence-corrected chi connectivity index (χ4v) is 2.94. The standard InChI is InChI=1S/C13H11IN2/c14-16-12-7-2-1-5-10(12)11-6-3-4-9(15)8-13(11)16/h1-2,4-8H,3,15H2. The van der Waals surface area contributed by atoms with Crippen LogP contribution in [-0.4, -0.2) is 2.78 Å². The van der Waals surface area contributed by atoms with Gasteiger partial charge in [0, 0.05) is 16.3 Å². The van der Waals surface area contributed by atoms with E-state index in [2.05, 4.69) is 56.0 Å². The molecule has 0 bridgehead atoms. The molecule has 3 rings (SSSR count). The van der Waals surface area contributed by atoms with Crippen molar-refractivity contribution in [2.24, 2.45) is 5.73 Å². The Kier molecular flexibility index (Phi) is 2.28. The van der Waals surface area contributed by atoms with Crippen molar-refractivity contribution < 1.29 is 0 Å². The second kappa shape index (κ2) is 3.66. The van der Waals surface area contributed by atoms with Crippen LogP contribution in [0.3, 0.4) is 0 Å². The van der Waals surface area contributed by atoms with Crippen LogP contribution in [0.1, 0.15) is 6.42 Å². The molecule has 1 aromatic heterocycles. The van der Waals surface area contributed by atoms with E-state index in [1.54, 1.807) is 0 Å². The second-order valence-electron chi connectivity index (χ2n) is 3.89. The Balaban J connectivity index is 2.59. The van der Waals surface area contributed by atoms with Gasteiger partial charge < -0.3 is 5.73 Å². The van der Waals surface area contributed by atoms with E-state index in [0.29, 0.717) is 0 Å². The number of allylic oxidation sites excluding steroid dienone is 2. The molecule has 0 spiro atoms. The molecule has 1 aliphatic carbocycles. The molecule has 3 heteroatoms. The molecule has 16 heavy (non-hydrogen) atoms. The number of fused-ring (bicyclic) bond motifs is 3. The molecule has 80 valence electrons. The molecule has 1 heterocycles. The Morgan fingerprint density at radius 2 is 2.00 bits per heavy atom. The number of nitrogens with zero attached hydrogens (tertiary/aromatic N) is 1. The predicted octanol–water partition coefficient (Wildman–Crippen LogP) is 1.65. The predicted molar refractivity (Wildman–Crippen MR) is 76.4 cm³/mol. The number of aromatic nitrogens is 1. The molecule has 0 unspecified atom stereocenters. The monoisotopic (exact) mass is 322 g/mol. The summed E-state index contributed by atoms with van der Waals surface area (Å²) in [6.07, 6.45) is 7.24. The van der Waals surface area contributed by atoms with E-state index in [4.69, 9.17) is 5.73 Å². The third kappa shape index (κ3) is 1.38. The molecule has 2 aromatic rings. The summed E-state index contributed by atoms with van der Waals surface area (Å²) >= 11 is 2.33. The van der Waals surface area contributed by atoms with Gasteiger partial charge in [-0.05, 0) is 18.6 Å². The zero-order valence-corrected chi connectivity index (χ0v) is 10.8. The molecule has 1 aromatic carbocycles. The van der Waals surface area contributed by atoms with Gasteiger partial charge >= 0.3 is 0 Å². The summed E-state index contributed by atoms with van der Waals surface area (Å²) in [4.78, 5) is 0. The van der Waals surface area contributed by atoms with Gasteiger partial charge in [-0.15, -0.1) is 0 Å². The number of halogens is 1. The van der Waals surface area contributed by atoms with Gasteiger partial charge in [-0.3, -0.25) is 2.78 Å². The molecular formula is C13H11IN2. The van der Waals surface area contributed by atoms with E-state index in [0.717, 1.165) is 12.1 Å². The minimum absolute atomic E-state index is 0.843. The number of benzene rings is 1. The first kappa shape index (κ1) is 9.96. The Bertz CT molecular complexity index is 707. The Labute approximate surface area is 107 Å². The number of nitrogens with two attached hydrogens (primary N) is 1. The average molecular weight is 322 g/mol. The highest BCUT2D eigenvalue weighted by atomic mass is 127. The highest BCUT2D eigenvalue weighted by Gasteiger charge is 2.05. The Morgan fingerprint density at radius 3 is 2.88 bits per heavy atom. The molecule has 0 amide bonds. The molecule has 2 nitrogen and oxygen atoms in total. The van der Waals surface area contributed by atoms with Crippen LogP contribution in [0.15, 0.2) is 36.0 Å². The van der Waals surface area contributed by atoms with Crippen molar-refractivity contribution in [3.8, 4) is 0 Å². The zero-order chi connectivity index (χ0) is 11.1. The molecule has 0 radical (unpaired) electrons. The largest absolute Gasteiger partial charge is 0.399 e. The summed E-state index contributed by atoms with van der Waals surface area (Å²) in [5.74, 6) is 0. The van der Waals surface area contributed by atoms with E-state index in [1.807, 2.05) is 12.2 Å². The molecule has 1 aliphatic rings.